The summed E-state index contributed by atoms with van der Waals surface area (Å²) in [6.07, 6.45) is 16.8. The van der Waals surface area contributed by atoms with E-state index < -0.39 is 20.2 Å². The van der Waals surface area contributed by atoms with E-state index in [-0.39, 0.29) is 9.79 Å². The Morgan fingerprint density at radius 3 is 0.917 bits per heavy atom. The Kier molecular flexibility index (Phi) is 15.7. The number of aliphatic hydroxyl groups is 1. The van der Waals surface area contributed by atoms with E-state index in [4.69, 9.17) is 5.11 Å². The molecule has 0 aliphatic rings. The van der Waals surface area contributed by atoms with Crippen LogP contribution in [0.5, 0.6) is 0 Å². The van der Waals surface area contributed by atoms with Gasteiger partial charge >= 0.3 is 0 Å². The second kappa shape index (κ2) is 19.1. The molecule has 0 atom stereocenters. The first-order valence-corrected chi connectivity index (χ1v) is 17.4. The summed E-state index contributed by atoms with van der Waals surface area (Å²) in [6.45, 7) is 3.64. The Morgan fingerprint density at radius 1 is 0.458 bits per heavy atom. The highest BCUT2D eigenvalue weighted by Gasteiger charge is 1.99. The third-order valence-electron chi connectivity index (χ3n) is 6.50. The summed E-state index contributed by atoms with van der Waals surface area (Å²) >= 11 is 0. The molecule has 1 N–H and O–H groups in total. The number of aliphatic hydroxyl groups excluding tert-OH is 1. The molecule has 48 heavy (non-hydrogen) atoms. The minimum atomic E-state index is -4.27. The quantitative estimate of drug-likeness (QED) is 0.194. The highest BCUT2D eigenvalue weighted by Crippen LogP contribution is 2.12. The van der Waals surface area contributed by atoms with Gasteiger partial charge in [-0.15, -0.1) is 0 Å². The summed E-state index contributed by atoms with van der Waals surface area (Å²) in [6, 6.07) is 28.6. The lowest BCUT2D eigenvalue weighted by molar-refractivity contribution is -0.671. The van der Waals surface area contributed by atoms with Crippen LogP contribution >= 0.6 is 0 Å². The smallest absolute Gasteiger partial charge is 0.169 e. The van der Waals surface area contributed by atoms with Crippen molar-refractivity contribution in [3.05, 3.63) is 155 Å². The maximum atomic E-state index is 10.4. The number of nitrogens with zero attached hydrogens (tertiary/aromatic N) is 2. The Bertz CT molecular complexity index is 1820. The van der Waals surface area contributed by atoms with E-state index in [2.05, 4.69) is 97.6 Å². The van der Waals surface area contributed by atoms with Crippen LogP contribution in [0, 0.1) is 13.8 Å². The fourth-order valence-electron chi connectivity index (χ4n) is 3.76. The molecule has 252 valence electrons. The number of hydrogen-bond donors (Lipinski definition) is 1. The minimum Gasteiger partial charge on any atom is -0.744 e. The number of pyridine rings is 2. The molecule has 0 saturated heterocycles. The van der Waals surface area contributed by atoms with Gasteiger partial charge in [0.15, 0.2) is 24.8 Å². The van der Waals surface area contributed by atoms with E-state index in [1.807, 2.05) is 37.1 Å². The zero-order valence-corrected chi connectivity index (χ0v) is 29.1. The monoisotopic (exact) mass is 688 g/mol. The van der Waals surface area contributed by atoms with Gasteiger partial charge in [-0.25, -0.2) is 26.0 Å². The van der Waals surface area contributed by atoms with Crippen molar-refractivity contribution in [3.8, 4) is 0 Å². The van der Waals surface area contributed by atoms with Crippen LogP contribution in [0.15, 0.2) is 132 Å². The molecule has 3 aromatic carbocycles. The Hall–Kier alpha value is -4.78. The largest absolute Gasteiger partial charge is 0.744 e. The fourth-order valence-corrected chi connectivity index (χ4v) is 4.70. The van der Waals surface area contributed by atoms with Crippen LogP contribution in [0.2, 0.25) is 0 Å². The topological polar surface area (TPSA) is 142 Å². The SMILES string of the molecule is CO.C[n+]1ccc(/C=C/c2ccc(/C=C/c3cc[n+](C)cc3)cc2)cc1.Cc1ccc(S(=O)(=O)[O-])cc1.Cc1ccc(S(=O)(=O)[O-])cc1. The number of hydrogen-bond acceptors (Lipinski definition) is 7. The first-order valence-electron chi connectivity index (χ1n) is 14.6. The Labute approximate surface area is 283 Å². The van der Waals surface area contributed by atoms with Crippen molar-refractivity contribution in [1.82, 2.24) is 0 Å². The molecule has 2 aromatic heterocycles. The van der Waals surface area contributed by atoms with Gasteiger partial charge in [-0.3, -0.25) is 0 Å². The molecule has 5 aromatic rings. The van der Waals surface area contributed by atoms with E-state index in [0.717, 1.165) is 18.2 Å². The molecular weight excluding hydrogens is 649 g/mol. The molecule has 11 heteroatoms. The maximum absolute atomic E-state index is 10.4. The molecule has 0 bridgehead atoms. The second-order valence-corrected chi connectivity index (χ2v) is 13.2. The number of rotatable bonds is 6. The number of aromatic nitrogens is 2. The highest BCUT2D eigenvalue weighted by atomic mass is 32.2. The molecule has 0 unspecified atom stereocenters. The summed E-state index contributed by atoms with van der Waals surface area (Å²) in [5.41, 5.74) is 6.66. The fraction of sp³-hybridized carbons (Fsp3) is 0.135. The van der Waals surface area contributed by atoms with E-state index in [9.17, 15) is 25.9 Å². The number of benzene rings is 3. The van der Waals surface area contributed by atoms with Crippen molar-refractivity contribution < 1.29 is 40.2 Å². The highest BCUT2D eigenvalue weighted by molar-refractivity contribution is 7.86. The molecule has 0 saturated carbocycles. The standard InChI is InChI=1S/C22H22N2.2C7H8O3S.CH4O/c1-23-15-11-21(12-16-23)9-7-19-3-5-20(6-4-19)8-10-22-13-17-24(2)18-14-22;2*1-6-2-4-7(5-3-6)11(8,9)10;1-2/h3-18H,1-2H3;2*2-5H,1H3,(H,8,9,10);2H,1H3/q+2;;;/p-2/b9-7+,10-8+;;;. The molecule has 0 fully saturated rings. The normalized spacial score (nSPS) is 11.1. The lowest BCUT2D eigenvalue weighted by atomic mass is 10.1. The van der Waals surface area contributed by atoms with E-state index >= 15 is 0 Å². The predicted octanol–water partition coefficient (Wildman–Crippen LogP) is 5.08. The average Bonchev–Trinajstić information content (AvgIpc) is 3.06. The average molecular weight is 689 g/mol. The summed E-state index contributed by atoms with van der Waals surface area (Å²) < 4.78 is 66.4. The zero-order chi connectivity index (χ0) is 35.7. The van der Waals surface area contributed by atoms with E-state index in [1.165, 1.54) is 46.5 Å². The predicted molar refractivity (Wildman–Crippen MR) is 186 cm³/mol. The molecule has 9 nitrogen and oxygen atoms in total. The molecule has 0 amide bonds. The van der Waals surface area contributed by atoms with Crippen molar-refractivity contribution in [1.29, 1.82) is 0 Å². The van der Waals surface area contributed by atoms with E-state index in [1.54, 1.807) is 24.3 Å². The van der Waals surface area contributed by atoms with Gasteiger partial charge < -0.3 is 14.2 Å². The molecular formula is C37H40N2O7S2. The van der Waals surface area contributed by atoms with Crippen LogP contribution in [0.3, 0.4) is 0 Å². The molecule has 0 aliphatic heterocycles. The first kappa shape index (κ1) is 39.4. The molecule has 0 radical (unpaired) electrons. The van der Waals surface area contributed by atoms with Gasteiger partial charge in [0.05, 0.1) is 9.79 Å². The Balaban J connectivity index is 0.000000278. The van der Waals surface area contributed by atoms with Gasteiger partial charge in [0.25, 0.3) is 0 Å². The zero-order valence-electron chi connectivity index (χ0n) is 27.5. The molecule has 2 heterocycles. The van der Waals surface area contributed by atoms with Crippen LogP contribution in [0.4, 0.5) is 0 Å². The summed E-state index contributed by atoms with van der Waals surface area (Å²) in [5.74, 6) is 0. The minimum absolute atomic E-state index is 0.178. The van der Waals surface area contributed by atoms with E-state index in [0.29, 0.717) is 0 Å². The van der Waals surface area contributed by atoms with Crippen molar-refractivity contribution in [2.45, 2.75) is 23.6 Å². The van der Waals surface area contributed by atoms with Crippen LogP contribution in [-0.4, -0.2) is 38.2 Å². The third-order valence-corrected chi connectivity index (χ3v) is 8.20. The molecule has 0 aliphatic carbocycles. The van der Waals surface area contributed by atoms with Crippen LogP contribution in [0.1, 0.15) is 33.4 Å². The summed E-state index contributed by atoms with van der Waals surface area (Å²) in [5, 5.41) is 7.00. The second-order valence-electron chi connectivity index (χ2n) is 10.5. The number of aryl methyl sites for hydroxylation is 4. The third kappa shape index (κ3) is 14.8. The van der Waals surface area contributed by atoms with Gasteiger partial charge in [0, 0.05) is 31.4 Å². The Morgan fingerprint density at radius 2 is 0.688 bits per heavy atom. The molecule has 0 spiro atoms. The lowest BCUT2D eigenvalue weighted by Crippen LogP contribution is -2.25. The van der Waals surface area contributed by atoms with Crippen molar-refractivity contribution in [2.75, 3.05) is 7.11 Å². The van der Waals surface area contributed by atoms with Crippen LogP contribution < -0.4 is 9.13 Å². The summed E-state index contributed by atoms with van der Waals surface area (Å²) in [7, 11) is -3.49. The summed E-state index contributed by atoms with van der Waals surface area (Å²) in [4.78, 5) is -0.355. The molecule has 5 rings (SSSR count). The van der Waals surface area contributed by atoms with Gasteiger partial charge in [-0.05, 0) is 60.4 Å². The lowest BCUT2D eigenvalue weighted by Gasteiger charge is -2.05. The van der Waals surface area contributed by atoms with Gasteiger partial charge in [0.2, 0.25) is 0 Å². The van der Waals surface area contributed by atoms with Gasteiger partial charge in [-0.1, -0.05) is 84.0 Å². The van der Waals surface area contributed by atoms with Crippen LogP contribution in [-0.2, 0) is 34.3 Å². The van der Waals surface area contributed by atoms with Gasteiger partial charge in [0.1, 0.15) is 34.3 Å². The maximum Gasteiger partial charge on any atom is 0.169 e. The first-order chi connectivity index (χ1) is 22.7. The van der Waals surface area contributed by atoms with Crippen molar-refractivity contribution in [3.63, 3.8) is 0 Å². The van der Waals surface area contributed by atoms with Crippen molar-refractivity contribution >= 4 is 44.5 Å². The van der Waals surface area contributed by atoms with Gasteiger partial charge in [-0.2, -0.15) is 0 Å². The van der Waals surface area contributed by atoms with Crippen molar-refractivity contribution in [2.24, 2.45) is 14.1 Å². The van der Waals surface area contributed by atoms with Crippen LogP contribution in [0.25, 0.3) is 24.3 Å².